The number of rotatable bonds is 13. The molecular formula is C40H32N3O8PS. The predicted molar refractivity (Wildman–Crippen MR) is 204 cm³/mol. The molecule has 2 rings (SSSR count). The number of hydrogen-bond acceptors (Lipinski definition) is 8. The van der Waals surface area contributed by atoms with E-state index in [1.54, 1.807) is 6.92 Å². The third-order valence-electron chi connectivity index (χ3n) is 6.43. The lowest BCUT2D eigenvalue weighted by atomic mass is 9.95. The van der Waals surface area contributed by atoms with Gasteiger partial charge in [0, 0.05) is 50.8 Å². The molecule has 53 heavy (non-hydrogen) atoms. The molecule has 1 aromatic heterocycles. The van der Waals surface area contributed by atoms with Crippen LogP contribution in [0.5, 0.6) is 0 Å². The summed E-state index contributed by atoms with van der Waals surface area (Å²) in [5, 5.41) is 3.05. The number of unbranched alkanes of at least 4 members (excludes halogenated alkanes) is 2. The van der Waals surface area contributed by atoms with Crippen LogP contribution in [0.1, 0.15) is 38.8 Å². The van der Waals surface area contributed by atoms with Gasteiger partial charge in [-0.1, -0.05) is 30.3 Å². The molecule has 0 spiro atoms. The number of hydrogen-bond donors (Lipinski definition) is 3. The average Bonchev–Trinajstić information content (AvgIpc) is 3.45. The summed E-state index contributed by atoms with van der Waals surface area (Å²) in [7, 11) is -1.92. The highest BCUT2D eigenvalue weighted by Crippen LogP contribution is 2.50. The third-order valence-corrected chi connectivity index (χ3v) is 7.65. The van der Waals surface area contributed by atoms with Crippen molar-refractivity contribution in [1.82, 2.24) is 14.9 Å². The standard InChI is InChI=1S/C40H32N3O8PS/c1-4-5-6-7-8-9-10-11-12-13-14-15-16-17-18-19-20-23-26-29-37(53)41-31-27-24-21-22-25-28-34-38(51-52(46,47)49-3)35(33-48-2)50-39(34)43-32-30-36(44)42-40(43)45/h22,25,30,32,34-35,38-39H,21,24,27-28,31,33H2,1-3H3,(H,41,53)(H,46,47)(H,42,44,45)/b25-22+/t34-,35+,38?,39+/m0/s1. The van der Waals surface area contributed by atoms with Crippen molar-refractivity contribution in [3.05, 3.63) is 45.3 Å². The Hall–Kier alpha value is -6.06. The first kappa shape index (κ1) is 43.1. The van der Waals surface area contributed by atoms with Crippen LogP contribution in [0.15, 0.2) is 34.0 Å². The van der Waals surface area contributed by atoms with E-state index in [-0.39, 0.29) is 6.61 Å². The van der Waals surface area contributed by atoms with Gasteiger partial charge in [0.1, 0.15) is 18.4 Å². The monoisotopic (exact) mass is 745 g/mol. The van der Waals surface area contributed by atoms with Crippen molar-refractivity contribution in [3.8, 4) is 118 Å². The number of ether oxygens (including phenoxy) is 2. The summed E-state index contributed by atoms with van der Waals surface area (Å²) in [6.45, 7) is 2.31. The summed E-state index contributed by atoms with van der Waals surface area (Å²) < 4.78 is 34.9. The van der Waals surface area contributed by atoms with Gasteiger partial charge in [-0.15, -0.1) is 0 Å². The van der Waals surface area contributed by atoms with Gasteiger partial charge in [0.2, 0.25) is 0 Å². The molecule has 0 amide bonds. The number of H-pyrrole nitrogens is 1. The van der Waals surface area contributed by atoms with E-state index in [4.69, 9.17) is 26.2 Å². The fraction of sp³-hybridized carbons (Fsp3) is 0.325. The minimum Gasteiger partial charge on any atom is -0.382 e. The number of methoxy groups -OCH3 is 1. The number of aromatic amines is 1. The fourth-order valence-electron chi connectivity index (χ4n) is 4.24. The van der Waals surface area contributed by atoms with Gasteiger partial charge in [-0.25, -0.2) is 9.36 Å². The second-order valence-electron chi connectivity index (χ2n) is 10.0. The van der Waals surface area contributed by atoms with E-state index in [2.05, 4.69) is 133 Å². The predicted octanol–water partition coefficient (Wildman–Crippen LogP) is 1.92. The summed E-state index contributed by atoms with van der Waals surface area (Å²) in [6, 6.07) is 1.19. The molecule has 0 radical (unpaired) electrons. The molecule has 0 bridgehead atoms. The molecule has 1 aromatic rings. The van der Waals surface area contributed by atoms with Gasteiger partial charge in [-0.05, 0) is 133 Å². The summed E-state index contributed by atoms with van der Waals surface area (Å²) in [5.74, 6) is 50.4. The molecular weight excluding hydrogens is 713 g/mol. The second kappa shape index (κ2) is 25.8. The minimum atomic E-state index is -4.42. The van der Waals surface area contributed by atoms with E-state index in [0.717, 1.165) is 26.4 Å². The Bertz CT molecular complexity index is 2330. The van der Waals surface area contributed by atoms with Crippen LogP contribution >= 0.6 is 20.0 Å². The highest BCUT2D eigenvalue weighted by atomic mass is 32.1. The molecule has 0 aliphatic carbocycles. The molecule has 1 saturated heterocycles. The summed E-state index contributed by atoms with van der Waals surface area (Å²) in [4.78, 5) is 36.8. The van der Waals surface area contributed by atoms with Gasteiger partial charge in [-0.2, -0.15) is 0 Å². The number of aromatic nitrogens is 2. The molecule has 2 unspecified atom stereocenters. The topological polar surface area (TPSA) is 141 Å². The number of allylic oxidation sites excluding steroid dienone is 2. The largest absolute Gasteiger partial charge is 0.472 e. The maximum atomic E-state index is 12.6. The maximum Gasteiger partial charge on any atom is 0.472 e. The van der Waals surface area contributed by atoms with E-state index in [9.17, 15) is 19.0 Å². The fourth-order valence-corrected chi connectivity index (χ4v) is 5.08. The van der Waals surface area contributed by atoms with Crippen molar-refractivity contribution < 1.29 is 28.0 Å². The molecule has 3 N–H and O–H groups in total. The first-order chi connectivity index (χ1) is 25.7. The van der Waals surface area contributed by atoms with Crippen molar-refractivity contribution in [1.29, 1.82) is 0 Å². The number of phosphoric ester groups is 1. The zero-order valence-corrected chi connectivity index (χ0v) is 30.7. The van der Waals surface area contributed by atoms with E-state index < -0.39 is 43.4 Å². The number of thiocarbonyl (C=S) groups is 1. The van der Waals surface area contributed by atoms with Gasteiger partial charge in [0.05, 0.1) is 6.61 Å². The molecule has 0 saturated carbocycles. The van der Waals surface area contributed by atoms with Crippen LogP contribution in [-0.4, -0.2) is 59.0 Å². The maximum absolute atomic E-state index is 12.6. The van der Waals surface area contributed by atoms with Crippen LogP contribution in [0.3, 0.4) is 0 Å². The molecule has 1 aliphatic heterocycles. The third kappa shape index (κ3) is 18.1. The van der Waals surface area contributed by atoms with Crippen molar-refractivity contribution in [3.63, 3.8) is 0 Å². The lowest BCUT2D eigenvalue weighted by Gasteiger charge is -2.25. The lowest BCUT2D eigenvalue weighted by molar-refractivity contribution is -0.0561. The van der Waals surface area contributed by atoms with E-state index in [1.807, 2.05) is 12.2 Å². The zero-order chi connectivity index (χ0) is 38.6. The SMILES string of the molecule is CC#CC#CC#CC#CC#CC#CC#CC#CC#CC#CC(=S)NCCCC/C=C/C[C@H]1C(OP(=O)(O)OC)[C@@H](COC)O[C@H]1n1ccc(=O)[nH]c1=O. The quantitative estimate of drug-likeness (QED) is 0.0903. The normalized spacial score (nSPS) is 16.9. The number of nitrogens with one attached hydrogen (secondary N) is 2. The molecule has 0 aromatic carbocycles. The Kier molecular flexibility index (Phi) is 21.0. The van der Waals surface area contributed by atoms with Crippen molar-refractivity contribution in [2.75, 3.05) is 27.4 Å². The second-order valence-corrected chi connectivity index (χ2v) is 11.9. The van der Waals surface area contributed by atoms with E-state index in [0.29, 0.717) is 18.0 Å². The van der Waals surface area contributed by atoms with Gasteiger partial charge in [0.25, 0.3) is 5.56 Å². The van der Waals surface area contributed by atoms with Crippen LogP contribution < -0.4 is 16.6 Å². The molecule has 1 aliphatic rings. The van der Waals surface area contributed by atoms with Crippen LogP contribution in [0, 0.1) is 124 Å². The van der Waals surface area contributed by atoms with E-state index >= 15 is 0 Å². The molecule has 1 fully saturated rings. The number of nitrogens with zero attached hydrogens (tertiary/aromatic N) is 1. The van der Waals surface area contributed by atoms with Gasteiger partial charge < -0.3 is 19.7 Å². The molecule has 11 nitrogen and oxygen atoms in total. The van der Waals surface area contributed by atoms with Crippen molar-refractivity contribution >= 4 is 25.0 Å². The van der Waals surface area contributed by atoms with Crippen molar-refractivity contribution in [2.45, 2.75) is 51.0 Å². The summed E-state index contributed by atoms with van der Waals surface area (Å²) >= 11 is 5.21. The van der Waals surface area contributed by atoms with Gasteiger partial charge >= 0.3 is 13.5 Å². The Morgan fingerprint density at radius 3 is 2.02 bits per heavy atom. The highest BCUT2D eigenvalue weighted by Gasteiger charge is 2.48. The van der Waals surface area contributed by atoms with Gasteiger partial charge in [0.15, 0.2) is 4.99 Å². The van der Waals surface area contributed by atoms with Crippen LogP contribution in [-0.2, 0) is 23.1 Å². The highest BCUT2D eigenvalue weighted by molar-refractivity contribution is 7.80. The molecule has 2 heterocycles. The first-order valence-corrected chi connectivity index (χ1v) is 17.5. The van der Waals surface area contributed by atoms with E-state index in [1.165, 1.54) is 23.9 Å². The van der Waals surface area contributed by atoms with Crippen LogP contribution in [0.2, 0.25) is 0 Å². The van der Waals surface area contributed by atoms with Crippen LogP contribution in [0.4, 0.5) is 0 Å². The number of phosphoric acid groups is 1. The summed E-state index contributed by atoms with van der Waals surface area (Å²) in [5.41, 5.74) is -1.26. The smallest absolute Gasteiger partial charge is 0.382 e. The average molecular weight is 746 g/mol. The summed E-state index contributed by atoms with van der Waals surface area (Å²) in [6.07, 6.45) is 5.16. The van der Waals surface area contributed by atoms with Gasteiger partial charge in [-0.3, -0.25) is 23.4 Å². The molecule has 266 valence electrons. The minimum absolute atomic E-state index is 0.0229. The van der Waals surface area contributed by atoms with Crippen molar-refractivity contribution in [2.24, 2.45) is 5.92 Å². The Morgan fingerprint density at radius 2 is 1.49 bits per heavy atom. The van der Waals surface area contributed by atoms with Crippen LogP contribution in [0.25, 0.3) is 0 Å². The Labute approximate surface area is 315 Å². The first-order valence-electron chi connectivity index (χ1n) is 15.6. The molecule has 13 heteroatoms. The lowest BCUT2D eigenvalue weighted by Crippen LogP contribution is -2.35. The zero-order valence-electron chi connectivity index (χ0n) is 29.0. The molecule has 5 atom stereocenters. The Morgan fingerprint density at radius 1 is 0.925 bits per heavy atom. The Balaban J connectivity index is 1.81.